The Morgan fingerprint density at radius 3 is 1.77 bits per heavy atom. The Balaban J connectivity index is 1.54. The number of halogens is 3. The average Bonchev–Trinajstić information content (AvgIpc) is 3.04. The summed E-state index contributed by atoms with van der Waals surface area (Å²) in [5, 5.41) is 3.45. The number of hydrogen-bond acceptors (Lipinski definition) is 2. The van der Waals surface area contributed by atoms with Crippen molar-refractivity contribution in [3.63, 3.8) is 0 Å². The van der Waals surface area contributed by atoms with Gasteiger partial charge in [0.25, 0.3) is 0 Å². The first-order chi connectivity index (χ1) is 22.3. The Morgan fingerprint density at radius 2 is 1.23 bits per heavy atom. The molecule has 242 valence electrons. The van der Waals surface area contributed by atoms with Crippen molar-refractivity contribution < 1.29 is 22.1 Å². The van der Waals surface area contributed by atoms with Crippen LogP contribution >= 0.6 is 7.92 Å². The minimum absolute atomic E-state index is 0.475. The lowest BCUT2D eigenvalue weighted by Gasteiger charge is -2.38. The molecule has 0 unspecified atom stereocenters. The number of fused-ring (bicyclic) bond motifs is 2. The zero-order chi connectivity index (χ0) is 33.6. The van der Waals surface area contributed by atoms with Crippen LogP contribution in [0.15, 0.2) is 121 Å². The van der Waals surface area contributed by atoms with Gasteiger partial charge in [0.15, 0.2) is 0 Å². The van der Waals surface area contributed by atoms with E-state index in [2.05, 4.69) is 85.3 Å². The first-order valence-corrected chi connectivity index (χ1v) is 18.0. The number of nitrogens with one attached hydrogen (secondary N) is 1. The molecule has 47 heavy (non-hydrogen) atoms. The molecule has 0 fully saturated rings. The summed E-state index contributed by atoms with van der Waals surface area (Å²) < 4.78 is 63.8. The lowest BCUT2D eigenvalue weighted by atomic mass is 9.74. The minimum Gasteiger partial charge on any atom is -0.456 e. The quantitative estimate of drug-likeness (QED) is 0.176. The molecule has 0 aliphatic carbocycles. The van der Waals surface area contributed by atoms with Crippen LogP contribution in [0, 0.1) is 0 Å². The van der Waals surface area contributed by atoms with Crippen LogP contribution in [0.4, 0.5) is 13.2 Å². The van der Waals surface area contributed by atoms with Crippen molar-refractivity contribution in [1.29, 1.82) is 0 Å². The van der Waals surface area contributed by atoms with Gasteiger partial charge in [0.05, 0.1) is 27.3 Å². The number of alkyl halides is 3. The predicted octanol–water partition coefficient (Wildman–Crippen LogP) is 9.04. The van der Waals surface area contributed by atoms with E-state index in [0.29, 0.717) is 16.9 Å². The van der Waals surface area contributed by atoms with Crippen molar-refractivity contribution in [2.45, 2.75) is 57.0 Å². The molecule has 0 radical (unpaired) electrons. The molecule has 2 atom stereocenters. The lowest BCUT2D eigenvalue weighted by Crippen LogP contribution is -2.37. The van der Waals surface area contributed by atoms with Crippen LogP contribution in [0.25, 0.3) is 0 Å². The van der Waals surface area contributed by atoms with Crippen molar-refractivity contribution >= 4 is 34.8 Å². The first-order valence-electron chi connectivity index (χ1n) is 15.5. The Labute approximate surface area is 278 Å². The highest BCUT2D eigenvalue weighted by Crippen LogP contribution is 2.52. The summed E-state index contributed by atoms with van der Waals surface area (Å²) in [5.41, 5.74) is 2.05. The van der Waals surface area contributed by atoms with E-state index in [1.807, 2.05) is 51.1 Å². The maximum atomic E-state index is 13.6. The topological polar surface area (TPSA) is 38.3 Å². The minimum atomic E-state index is -4.47. The van der Waals surface area contributed by atoms with Gasteiger partial charge in [0, 0.05) is 27.4 Å². The van der Waals surface area contributed by atoms with Gasteiger partial charge < -0.3 is 4.74 Å². The van der Waals surface area contributed by atoms with E-state index in [1.54, 1.807) is 0 Å². The molecule has 1 N–H and O–H groups in total. The Morgan fingerprint density at radius 1 is 0.702 bits per heavy atom. The maximum absolute atomic E-state index is 13.6. The molecule has 1 heterocycles. The van der Waals surface area contributed by atoms with Gasteiger partial charge in [0.1, 0.15) is 11.5 Å². The van der Waals surface area contributed by atoms with Gasteiger partial charge in [-0.25, -0.2) is 8.93 Å². The van der Waals surface area contributed by atoms with E-state index in [-0.39, 0.29) is 0 Å². The van der Waals surface area contributed by atoms with Gasteiger partial charge in [-0.3, -0.25) is 0 Å². The van der Waals surface area contributed by atoms with E-state index in [9.17, 15) is 17.4 Å². The largest absolute Gasteiger partial charge is 0.456 e. The fourth-order valence-corrected chi connectivity index (χ4v) is 9.21. The number of ether oxygens (including phenoxy) is 1. The third-order valence-corrected chi connectivity index (χ3v) is 12.5. The molecular formula is C39H37F3NO2PS. The standard InChI is InChI=1S/C39H37F3NO2PS/c1-37(2,3)47(44)43-34(26-22-24-27(25-23-26)39(40,41)42)30-18-12-19-31-35(30)45-36-32(38(31,4)5)20-13-21-33(36)46(28-14-8-6-9-15-28)29-16-10-7-11-17-29/h6-25,34,43H,1-5H3/t34-,47+/m0/s1. The zero-order valence-corrected chi connectivity index (χ0v) is 28.6. The number of hydrogen-bond donors (Lipinski definition) is 1. The van der Waals surface area contributed by atoms with Gasteiger partial charge in [-0.2, -0.15) is 13.2 Å². The summed E-state index contributed by atoms with van der Waals surface area (Å²) in [6.45, 7) is 9.91. The molecule has 5 aromatic rings. The molecule has 0 saturated carbocycles. The van der Waals surface area contributed by atoms with Crippen LogP contribution in [-0.4, -0.2) is 8.96 Å². The Kier molecular flexibility index (Phi) is 8.94. The van der Waals surface area contributed by atoms with Crippen LogP contribution < -0.4 is 25.4 Å². The van der Waals surface area contributed by atoms with Gasteiger partial charge in [0.2, 0.25) is 0 Å². The van der Waals surface area contributed by atoms with Gasteiger partial charge in [-0.1, -0.05) is 123 Å². The second-order valence-electron chi connectivity index (χ2n) is 13.2. The third kappa shape index (κ3) is 6.54. The van der Waals surface area contributed by atoms with E-state index in [4.69, 9.17) is 4.74 Å². The van der Waals surface area contributed by atoms with Crippen LogP contribution in [0.3, 0.4) is 0 Å². The van der Waals surface area contributed by atoms with Crippen LogP contribution in [-0.2, 0) is 22.6 Å². The second kappa shape index (κ2) is 12.7. The van der Waals surface area contributed by atoms with Crippen molar-refractivity contribution in [2.24, 2.45) is 0 Å². The number of rotatable bonds is 7. The molecule has 0 saturated heterocycles. The van der Waals surface area contributed by atoms with Crippen LogP contribution in [0.2, 0.25) is 0 Å². The number of benzene rings is 5. The summed E-state index contributed by atoms with van der Waals surface area (Å²) in [5.74, 6) is 1.40. The molecule has 0 spiro atoms. The smallest absolute Gasteiger partial charge is 0.416 e. The molecular weight excluding hydrogens is 634 g/mol. The lowest BCUT2D eigenvalue weighted by molar-refractivity contribution is -0.137. The highest BCUT2D eigenvalue weighted by atomic mass is 32.2. The zero-order valence-electron chi connectivity index (χ0n) is 26.9. The summed E-state index contributed by atoms with van der Waals surface area (Å²) in [6, 6.07) is 37.4. The van der Waals surface area contributed by atoms with Gasteiger partial charge in [-0.05, 0) is 57.0 Å². The monoisotopic (exact) mass is 671 g/mol. The van der Waals surface area contributed by atoms with Crippen LogP contribution in [0.5, 0.6) is 11.5 Å². The molecule has 0 bridgehead atoms. The molecule has 5 aromatic carbocycles. The van der Waals surface area contributed by atoms with E-state index < -0.39 is 46.9 Å². The summed E-state index contributed by atoms with van der Waals surface area (Å²) >= 11 is 0. The molecule has 0 aromatic heterocycles. The summed E-state index contributed by atoms with van der Waals surface area (Å²) in [6.07, 6.45) is -4.47. The van der Waals surface area contributed by atoms with E-state index in [0.717, 1.165) is 34.3 Å². The Hall–Kier alpha value is -3.77. The molecule has 8 heteroatoms. The third-order valence-electron chi connectivity index (χ3n) is 8.52. The van der Waals surface area contributed by atoms with Gasteiger partial charge in [-0.15, -0.1) is 0 Å². The second-order valence-corrected chi connectivity index (χ2v) is 17.3. The van der Waals surface area contributed by atoms with E-state index in [1.165, 1.54) is 22.7 Å². The molecule has 3 nitrogen and oxygen atoms in total. The highest BCUT2D eigenvalue weighted by molar-refractivity contribution is 7.84. The fourth-order valence-electron chi connectivity index (χ4n) is 5.98. The molecule has 1 aliphatic rings. The molecule has 1 aliphatic heterocycles. The fraction of sp³-hybridized carbons (Fsp3) is 0.231. The molecule has 6 rings (SSSR count). The van der Waals surface area contributed by atoms with Crippen molar-refractivity contribution in [1.82, 2.24) is 4.72 Å². The SMILES string of the molecule is CC1(C)c2cccc([C@@H](N[S@](=O)C(C)(C)C)c3ccc(C(F)(F)F)cc3)c2Oc2c(P(c3ccccc3)c3ccccc3)cccc21. The Bertz CT molecular complexity index is 1860. The summed E-state index contributed by atoms with van der Waals surface area (Å²) in [7, 11) is -2.54. The predicted molar refractivity (Wildman–Crippen MR) is 188 cm³/mol. The molecule has 0 amide bonds. The normalized spacial score (nSPS) is 15.3. The van der Waals surface area contributed by atoms with Crippen molar-refractivity contribution in [3.8, 4) is 11.5 Å². The van der Waals surface area contributed by atoms with Crippen LogP contribution in [0.1, 0.15) is 68.5 Å². The maximum Gasteiger partial charge on any atom is 0.416 e. The summed E-state index contributed by atoms with van der Waals surface area (Å²) in [4.78, 5) is 0. The van der Waals surface area contributed by atoms with Crippen molar-refractivity contribution in [2.75, 3.05) is 0 Å². The average molecular weight is 672 g/mol. The van der Waals surface area contributed by atoms with Crippen molar-refractivity contribution in [3.05, 3.63) is 149 Å². The van der Waals surface area contributed by atoms with E-state index >= 15 is 0 Å². The number of para-hydroxylation sites is 2. The van der Waals surface area contributed by atoms with Gasteiger partial charge >= 0.3 is 6.18 Å². The highest BCUT2D eigenvalue weighted by Gasteiger charge is 2.40. The first kappa shape index (κ1) is 33.1.